The lowest BCUT2D eigenvalue weighted by molar-refractivity contribution is 0.791. The predicted octanol–water partition coefficient (Wildman–Crippen LogP) is 3.31. The largest absolute Gasteiger partial charge is 0.397 e. The Bertz CT molecular complexity index is 465. The minimum absolute atomic E-state index is 0.363. The van der Waals surface area contributed by atoms with Crippen LogP contribution in [0.15, 0.2) is 54.6 Å². The van der Waals surface area contributed by atoms with E-state index in [1.165, 1.54) is 5.56 Å². The zero-order valence-electron chi connectivity index (χ0n) is 10.1. The van der Waals surface area contributed by atoms with Gasteiger partial charge < -0.3 is 11.1 Å². The molecule has 0 heterocycles. The molecule has 3 N–H and O–H groups in total. The average Bonchev–Trinajstić information content (AvgIpc) is 2.33. The van der Waals surface area contributed by atoms with Gasteiger partial charge in [-0.25, -0.2) is 0 Å². The summed E-state index contributed by atoms with van der Waals surface area (Å²) in [5.74, 6) is 0. The van der Waals surface area contributed by atoms with Gasteiger partial charge in [0.05, 0.1) is 11.4 Å². The monoisotopic (exact) mass is 226 g/mol. The molecular weight excluding hydrogens is 208 g/mol. The Labute approximate surface area is 102 Å². The van der Waals surface area contributed by atoms with Crippen molar-refractivity contribution in [2.45, 2.75) is 19.4 Å². The van der Waals surface area contributed by atoms with Crippen LogP contribution < -0.4 is 11.1 Å². The van der Waals surface area contributed by atoms with Gasteiger partial charge >= 0.3 is 0 Å². The number of nitrogen functional groups attached to an aromatic ring is 1. The summed E-state index contributed by atoms with van der Waals surface area (Å²) < 4.78 is 0. The second-order valence-corrected chi connectivity index (χ2v) is 4.32. The first kappa shape index (κ1) is 11.5. The summed E-state index contributed by atoms with van der Waals surface area (Å²) in [4.78, 5) is 0. The fourth-order valence-electron chi connectivity index (χ4n) is 1.91. The molecule has 88 valence electrons. The number of para-hydroxylation sites is 2. The molecule has 0 spiro atoms. The second-order valence-electron chi connectivity index (χ2n) is 4.32. The summed E-state index contributed by atoms with van der Waals surface area (Å²) in [6.07, 6.45) is 0.995. The molecule has 2 rings (SSSR count). The summed E-state index contributed by atoms with van der Waals surface area (Å²) >= 11 is 0. The molecule has 0 aliphatic heterocycles. The molecule has 2 aromatic carbocycles. The van der Waals surface area contributed by atoms with Crippen molar-refractivity contribution in [1.82, 2.24) is 0 Å². The summed E-state index contributed by atoms with van der Waals surface area (Å²) in [5, 5.41) is 3.43. The van der Waals surface area contributed by atoms with Crippen molar-refractivity contribution in [3.63, 3.8) is 0 Å². The second kappa shape index (κ2) is 5.39. The van der Waals surface area contributed by atoms with Crippen LogP contribution in [0.1, 0.15) is 12.5 Å². The van der Waals surface area contributed by atoms with Crippen molar-refractivity contribution in [3.8, 4) is 0 Å². The fraction of sp³-hybridized carbons (Fsp3) is 0.200. The van der Waals surface area contributed by atoms with Gasteiger partial charge in [-0.3, -0.25) is 0 Å². The first-order valence-electron chi connectivity index (χ1n) is 5.90. The van der Waals surface area contributed by atoms with Crippen molar-refractivity contribution in [2.75, 3.05) is 11.1 Å². The number of rotatable bonds is 4. The maximum absolute atomic E-state index is 5.90. The fourth-order valence-corrected chi connectivity index (χ4v) is 1.91. The highest BCUT2D eigenvalue weighted by Crippen LogP contribution is 2.18. The maximum atomic E-state index is 5.90. The van der Waals surface area contributed by atoms with E-state index in [9.17, 15) is 0 Å². The number of anilines is 2. The molecule has 1 unspecified atom stereocenters. The molecular formula is C15H18N2. The lowest BCUT2D eigenvalue weighted by Crippen LogP contribution is -2.18. The highest BCUT2D eigenvalue weighted by molar-refractivity contribution is 5.65. The Morgan fingerprint density at radius 3 is 2.35 bits per heavy atom. The van der Waals surface area contributed by atoms with Gasteiger partial charge in [0.2, 0.25) is 0 Å². The number of hydrogen-bond donors (Lipinski definition) is 2. The van der Waals surface area contributed by atoms with Crippen LogP contribution in [-0.2, 0) is 6.42 Å². The van der Waals surface area contributed by atoms with Gasteiger partial charge in [-0.2, -0.15) is 0 Å². The molecule has 2 nitrogen and oxygen atoms in total. The van der Waals surface area contributed by atoms with Crippen LogP contribution in [0, 0.1) is 0 Å². The molecule has 0 saturated heterocycles. The molecule has 0 aliphatic carbocycles. The summed E-state index contributed by atoms with van der Waals surface area (Å²) in [6, 6.07) is 18.7. The van der Waals surface area contributed by atoms with Crippen LogP contribution in [0.2, 0.25) is 0 Å². The van der Waals surface area contributed by atoms with Gasteiger partial charge in [0.25, 0.3) is 0 Å². The molecule has 2 heteroatoms. The van der Waals surface area contributed by atoms with E-state index < -0.39 is 0 Å². The molecule has 0 bridgehead atoms. The average molecular weight is 226 g/mol. The normalized spacial score (nSPS) is 12.1. The molecule has 1 atom stereocenters. The molecule has 0 saturated carbocycles. The van der Waals surface area contributed by atoms with E-state index in [0.717, 1.165) is 17.8 Å². The molecule has 0 aliphatic rings. The lowest BCUT2D eigenvalue weighted by Gasteiger charge is -2.16. The van der Waals surface area contributed by atoms with Gasteiger partial charge in [0, 0.05) is 6.04 Å². The standard InChI is InChI=1S/C15H18N2/c1-12(11-13-7-3-2-4-8-13)17-15-10-6-5-9-14(15)16/h2-10,12,17H,11,16H2,1H3. The zero-order chi connectivity index (χ0) is 12.1. The molecule has 0 aromatic heterocycles. The van der Waals surface area contributed by atoms with E-state index in [4.69, 9.17) is 5.73 Å². The van der Waals surface area contributed by atoms with Crippen molar-refractivity contribution in [1.29, 1.82) is 0 Å². The molecule has 17 heavy (non-hydrogen) atoms. The van der Waals surface area contributed by atoms with Gasteiger partial charge in [0.15, 0.2) is 0 Å². The lowest BCUT2D eigenvalue weighted by atomic mass is 10.1. The Kier molecular flexibility index (Phi) is 3.66. The number of nitrogens with one attached hydrogen (secondary N) is 1. The van der Waals surface area contributed by atoms with E-state index in [1.54, 1.807) is 0 Å². The van der Waals surface area contributed by atoms with Crippen LogP contribution in [0.25, 0.3) is 0 Å². The van der Waals surface area contributed by atoms with Crippen LogP contribution in [0.4, 0.5) is 11.4 Å². The topological polar surface area (TPSA) is 38.0 Å². The maximum Gasteiger partial charge on any atom is 0.0576 e. The minimum Gasteiger partial charge on any atom is -0.397 e. The van der Waals surface area contributed by atoms with Crippen LogP contribution in [-0.4, -0.2) is 6.04 Å². The van der Waals surface area contributed by atoms with Crippen LogP contribution >= 0.6 is 0 Å². The van der Waals surface area contributed by atoms with E-state index in [2.05, 4.69) is 36.5 Å². The Hall–Kier alpha value is -1.96. The smallest absolute Gasteiger partial charge is 0.0576 e. The number of hydrogen-bond acceptors (Lipinski definition) is 2. The summed E-state index contributed by atoms with van der Waals surface area (Å²) in [5.41, 5.74) is 9.04. The van der Waals surface area contributed by atoms with Gasteiger partial charge in [0.1, 0.15) is 0 Å². The highest BCUT2D eigenvalue weighted by atomic mass is 14.9. The predicted molar refractivity (Wildman–Crippen MR) is 74.1 cm³/mol. The first-order chi connectivity index (χ1) is 8.25. The Morgan fingerprint density at radius 2 is 1.65 bits per heavy atom. The van der Waals surface area contributed by atoms with Crippen molar-refractivity contribution < 1.29 is 0 Å². The van der Waals surface area contributed by atoms with E-state index in [1.807, 2.05) is 30.3 Å². The van der Waals surface area contributed by atoms with E-state index >= 15 is 0 Å². The molecule has 0 fully saturated rings. The van der Waals surface area contributed by atoms with E-state index in [0.29, 0.717) is 6.04 Å². The SMILES string of the molecule is CC(Cc1ccccc1)Nc1ccccc1N. The summed E-state index contributed by atoms with van der Waals surface area (Å²) in [7, 11) is 0. The third-order valence-electron chi connectivity index (χ3n) is 2.75. The molecule has 2 aromatic rings. The van der Waals surface area contributed by atoms with Crippen molar-refractivity contribution in [3.05, 3.63) is 60.2 Å². The molecule has 0 radical (unpaired) electrons. The number of nitrogens with two attached hydrogens (primary N) is 1. The summed E-state index contributed by atoms with van der Waals surface area (Å²) in [6.45, 7) is 2.17. The highest BCUT2D eigenvalue weighted by Gasteiger charge is 2.04. The zero-order valence-corrected chi connectivity index (χ0v) is 10.1. The Morgan fingerprint density at radius 1 is 1.00 bits per heavy atom. The third kappa shape index (κ3) is 3.25. The van der Waals surface area contributed by atoms with Crippen LogP contribution in [0.5, 0.6) is 0 Å². The Balaban J connectivity index is 1.98. The van der Waals surface area contributed by atoms with Gasteiger partial charge in [-0.1, -0.05) is 42.5 Å². The van der Waals surface area contributed by atoms with Crippen molar-refractivity contribution >= 4 is 11.4 Å². The first-order valence-corrected chi connectivity index (χ1v) is 5.90. The molecule has 0 amide bonds. The van der Waals surface area contributed by atoms with Gasteiger partial charge in [-0.15, -0.1) is 0 Å². The number of benzene rings is 2. The van der Waals surface area contributed by atoms with Crippen LogP contribution in [0.3, 0.4) is 0 Å². The van der Waals surface area contributed by atoms with E-state index in [-0.39, 0.29) is 0 Å². The quantitative estimate of drug-likeness (QED) is 0.785. The van der Waals surface area contributed by atoms with Gasteiger partial charge in [-0.05, 0) is 31.0 Å². The third-order valence-corrected chi connectivity index (χ3v) is 2.75. The van der Waals surface area contributed by atoms with Crippen molar-refractivity contribution in [2.24, 2.45) is 0 Å². The minimum atomic E-state index is 0.363.